The van der Waals surface area contributed by atoms with E-state index in [1.165, 1.54) is 11.1 Å². The van der Waals surface area contributed by atoms with E-state index in [9.17, 15) is 4.79 Å². The van der Waals surface area contributed by atoms with Crippen LogP contribution in [0.3, 0.4) is 0 Å². The van der Waals surface area contributed by atoms with Gasteiger partial charge in [0.15, 0.2) is 0 Å². The molecule has 4 heteroatoms. The number of rotatable bonds is 7. The van der Waals surface area contributed by atoms with Crippen molar-refractivity contribution in [1.82, 2.24) is 9.88 Å². The monoisotopic (exact) mass is 325 g/mol. The molecule has 0 aliphatic rings. The first-order valence-electron chi connectivity index (χ1n) is 8.77. The number of pyridine rings is 1. The predicted octanol–water partition coefficient (Wildman–Crippen LogP) is 4.43. The first-order chi connectivity index (χ1) is 11.6. The molecule has 0 bridgehead atoms. The van der Waals surface area contributed by atoms with E-state index in [-0.39, 0.29) is 5.91 Å². The first-order valence-corrected chi connectivity index (χ1v) is 8.77. The fourth-order valence-corrected chi connectivity index (χ4v) is 2.82. The SMILES string of the molecule is CCc1cccc(CC)c1Nc1ccc(C(=O)N(CC)CC)cn1. The summed E-state index contributed by atoms with van der Waals surface area (Å²) in [5.74, 6) is 0.795. The molecular formula is C20H27N3O. The lowest BCUT2D eigenvalue weighted by atomic mass is 10.0. The van der Waals surface area contributed by atoms with Crippen molar-refractivity contribution < 1.29 is 4.79 Å². The average molecular weight is 325 g/mol. The minimum absolute atomic E-state index is 0.0299. The number of nitrogens with one attached hydrogen (secondary N) is 1. The summed E-state index contributed by atoms with van der Waals surface area (Å²) in [6.45, 7) is 9.69. The molecule has 0 aliphatic heterocycles. The number of hydrogen-bond acceptors (Lipinski definition) is 3. The molecule has 0 aliphatic carbocycles. The highest BCUT2D eigenvalue weighted by Gasteiger charge is 2.13. The largest absolute Gasteiger partial charge is 0.340 e. The zero-order valence-electron chi connectivity index (χ0n) is 15.1. The molecule has 0 atom stereocenters. The number of amides is 1. The molecule has 0 radical (unpaired) electrons. The quantitative estimate of drug-likeness (QED) is 0.819. The van der Waals surface area contributed by atoms with Gasteiger partial charge in [0.2, 0.25) is 0 Å². The number of aryl methyl sites for hydroxylation is 2. The Balaban J connectivity index is 2.23. The molecule has 1 amide bonds. The number of benzene rings is 1. The molecule has 1 N–H and O–H groups in total. The van der Waals surface area contributed by atoms with Crippen LogP contribution in [0.1, 0.15) is 49.2 Å². The van der Waals surface area contributed by atoms with Gasteiger partial charge in [0.25, 0.3) is 5.91 Å². The van der Waals surface area contributed by atoms with Crippen molar-refractivity contribution in [3.63, 3.8) is 0 Å². The van der Waals surface area contributed by atoms with Gasteiger partial charge in [-0.2, -0.15) is 0 Å². The van der Waals surface area contributed by atoms with Crippen molar-refractivity contribution in [2.45, 2.75) is 40.5 Å². The summed E-state index contributed by atoms with van der Waals surface area (Å²) < 4.78 is 0. The molecule has 2 rings (SSSR count). The van der Waals surface area contributed by atoms with E-state index < -0.39 is 0 Å². The van der Waals surface area contributed by atoms with Gasteiger partial charge < -0.3 is 10.2 Å². The van der Waals surface area contributed by atoms with Gasteiger partial charge in [0.05, 0.1) is 5.56 Å². The van der Waals surface area contributed by atoms with Crippen molar-refractivity contribution in [3.8, 4) is 0 Å². The van der Waals surface area contributed by atoms with Crippen molar-refractivity contribution in [1.29, 1.82) is 0 Å². The van der Waals surface area contributed by atoms with Gasteiger partial charge in [-0.25, -0.2) is 4.98 Å². The van der Waals surface area contributed by atoms with Crippen LogP contribution < -0.4 is 5.32 Å². The van der Waals surface area contributed by atoms with E-state index in [1.54, 1.807) is 11.1 Å². The van der Waals surface area contributed by atoms with Crippen LogP contribution in [-0.4, -0.2) is 28.9 Å². The van der Waals surface area contributed by atoms with Gasteiger partial charge in [0, 0.05) is 25.0 Å². The first kappa shape index (κ1) is 18.0. The third-order valence-corrected chi connectivity index (χ3v) is 4.31. The molecule has 0 saturated carbocycles. The van der Waals surface area contributed by atoms with Crippen molar-refractivity contribution in [2.75, 3.05) is 18.4 Å². The summed E-state index contributed by atoms with van der Waals surface area (Å²) in [4.78, 5) is 18.6. The fraction of sp³-hybridized carbons (Fsp3) is 0.400. The minimum atomic E-state index is 0.0299. The molecule has 0 fully saturated rings. The highest BCUT2D eigenvalue weighted by Crippen LogP contribution is 2.25. The van der Waals surface area contributed by atoms with Crippen LogP contribution in [0.4, 0.5) is 11.5 Å². The number of aromatic nitrogens is 1. The number of para-hydroxylation sites is 1. The molecule has 2 aromatic rings. The van der Waals surface area contributed by atoms with Crippen molar-refractivity contribution in [3.05, 3.63) is 53.2 Å². The van der Waals surface area contributed by atoms with Crippen LogP contribution in [0.2, 0.25) is 0 Å². The third kappa shape index (κ3) is 3.94. The van der Waals surface area contributed by atoms with E-state index in [2.05, 4.69) is 42.3 Å². The Bertz CT molecular complexity index is 654. The van der Waals surface area contributed by atoms with Gasteiger partial charge >= 0.3 is 0 Å². The highest BCUT2D eigenvalue weighted by atomic mass is 16.2. The summed E-state index contributed by atoms with van der Waals surface area (Å²) in [5.41, 5.74) is 4.32. The summed E-state index contributed by atoms with van der Waals surface area (Å²) in [6.07, 6.45) is 3.59. The topological polar surface area (TPSA) is 45.2 Å². The Morgan fingerprint density at radius 2 is 1.62 bits per heavy atom. The number of carbonyl (C=O) groups is 1. The highest BCUT2D eigenvalue weighted by molar-refractivity contribution is 5.94. The van der Waals surface area contributed by atoms with Crippen LogP contribution in [0, 0.1) is 0 Å². The molecule has 0 saturated heterocycles. The van der Waals surface area contributed by atoms with Gasteiger partial charge in [-0.15, -0.1) is 0 Å². The van der Waals surface area contributed by atoms with Gasteiger partial charge in [-0.3, -0.25) is 4.79 Å². The van der Waals surface area contributed by atoms with Crippen molar-refractivity contribution in [2.24, 2.45) is 0 Å². The Morgan fingerprint density at radius 1 is 1.00 bits per heavy atom. The number of hydrogen-bond donors (Lipinski definition) is 1. The lowest BCUT2D eigenvalue weighted by molar-refractivity contribution is 0.0772. The van der Waals surface area contributed by atoms with E-state index in [0.29, 0.717) is 18.7 Å². The Hall–Kier alpha value is -2.36. The van der Waals surface area contributed by atoms with E-state index >= 15 is 0 Å². The summed E-state index contributed by atoms with van der Waals surface area (Å²) in [7, 11) is 0. The van der Waals surface area contributed by atoms with Crippen LogP contribution in [0.5, 0.6) is 0 Å². The Morgan fingerprint density at radius 3 is 2.08 bits per heavy atom. The molecular weight excluding hydrogens is 298 g/mol. The van der Waals surface area contributed by atoms with E-state index in [1.807, 2.05) is 26.0 Å². The molecule has 128 valence electrons. The molecule has 1 aromatic carbocycles. The molecule has 24 heavy (non-hydrogen) atoms. The molecule has 1 heterocycles. The smallest absolute Gasteiger partial charge is 0.255 e. The second kappa shape index (κ2) is 8.48. The van der Waals surface area contributed by atoms with Crippen LogP contribution in [0.15, 0.2) is 36.5 Å². The van der Waals surface area contributed by atoms with Crippen LogP contribution in [0.25, 0.3) is 0 Å². The number of nitrogens with zero attached hydrogens (tertiary/aromatic N) is 2. The van der Waals surface area contributed by atoms with Gasteiger partial charge in [0.1, 0.15) is 5.82 Å². The Labute approximate surface area is 144 Å². The van der Waals surface area contributed by atoms with Gasteiger partial charge in [-0.1, -0.05) is 32.0 Å². The molecule has 0 unspecified atom stereocenters. The maximum absolute atomic E-state index is 12.3. The summed E-state index contributed by atoms with van der Waals surface area (Å²) in [6, 6.07) is 10.1. The lowest BCUT2D eigenvalue weighted by Crippen LogP contribution is -2.30. The van der Waals surface area contributed by atoms with E-state index in [4.69, 9.17) is 0 Å². The van der Waals surface area contributed by atoms with E-state index in [0.717, 1.165) is 24.3 Å². The zero-order valence-corrected chi connectivity index (χ0v) is 15.1. The average Bonchev–Trinajstić information content (AvgIpc) is 2.63. The van der Waals surface area contributed by atoms with Crippen LogP contribution >= 0.6 is 0 Å². The van der Waals surface area contributed by atoms with Crippen LogP contribution in [-0.2, 0) is 12.8 Å². The minimum Gasteiger partial charge on any atom is -0.340 e. The normalized spacial score (nSPS) is 10.5. The number of carbonyl (C=O) groups excluding carboxylic acids is 1. The zero-order chi connectivity index (χ0) is 17.5. The Kier molecular flexibility index (Phi) is 6.36. The maximum Gasteiger partial charge on any atom is 0.255 e. The standard InChI is InChI=1S/C20H27N3O/c1-5-15-10-9-11-16(6-2)19(15)22-18-13-12-17(14-21-18)20(24)23(7-3)8-4/h9-14H,5-8H2,1-4H3,(H,21,22). The maximum atomic E-state index is 12.3. The summed E-state index contributed by atoms with van der Waals surface area (Å²) >= 11 is 0. The van der Waals surface area contributed by atoms with Crippen molar-refractivity contribution >= 4 is 17.4 Å². The fourth-order valence-electron chi connectivity index (χ4n) is 2.82. The molecule has 1 aromatic heterocycles. The second-order valence-corrected chi connectivity index (χ2v) is 5.69. The number of anilines is 2. The third-order valence-electron chi connectivity index (χ3n) is 4.31. The molecule has 4 nitrogen and oxygen atoms in total. The summed E-state index contributed by atoms with van der Waals surface area (Å²) in [5, 5.41) is 3.43. The predicted molar refractivity (Wildman–Crippen MR) is 100.0 cm³/mol. The molecule has 0 spiro atoms. The second-order valence-electron chi connectivity index (χ2n) is 5.69. The lowest BCUT2D eigenvalue weighted by Gasteiger charge is -2.19. The van der Waals surface area contributed by atoms with Gasteiger partial charge in [-0.05, 0) is 49.9 Å².